The molecule has 0 amide bonds. The Labute approximate surface area is 159 Å². The highest BCUT2D eigenvalue weighted by Gasteiger charge is 2.15. The third kappa shape index (κ3) is 9.16. The molecule has 7 nitrogen and oxygen atoms in total. The van der Waals surface area contributed by atoms with E-state index in [-0.39, 0.29) is 0 Å². The normalized spacial score (nSPS) is 22.7. The molecule has 2 aliphatic rings. The fourth-order valence-corrected chi connectivity index (χ4v) is 3.23. The minimum Gasteiger partial charge on any atom is -0.379 e. The quantitative estimate of drug-likeness (QED) is 0.319. The first-order valence-corrected chi connectivity index (χ1v) is 10.4. The van der Waals surface area contributed by atoms with Crippen molar-refractivity contribution in [3.05, 3.63) is 0 Å². The van der Waals surface area contributed by atoms with Crippen LogP contribution in [0.3, 0.4) is 0 Å². The minimum atomic E-state index is 0.297. The summed E-state index contributed by atoms with van der Waals surface area (Å²) in [6.45, 7) is 13.2. The molecule has 0 aromatic rings. The number of unbranched alkanes of at least 4 members (excludes halogenated alkanes) is 1. The molecule has 0 bridgehead atoms. The molecular weight excluding hydrogens is 330 g/mol. The molecule has 7 heteroatoms. The Hall–Kier alpha value is -0.890. The number of aliphatic imine (C=N–C) groups is 1. The van der Waals surface area contributed by atoms with Gasteiger partial charge in [-0.05, 0) is 46.2 Å². The molecule has 2 N–H and O–H groups in total. The van der Waals surface area contributed by atoms with Gasteiger partial charge in [-0.1, -0.05) is 0 Å². The number of ether oxygens (including phenoxy) is 2. The van der Waals surface area contributed by atoms with Crippen molar-refractivity contribution in [3.63, 3.8) is 0 Å². The van der Waals surface area contributed by atoms with E-state index in [0.29, 0.717) is 6.10 Å². The van der Waals surface area contributed by atoms with E-state index in [2.05, 4.69) is 39.4 Å². The molecule has 1 unspecified atom stereocenters. The predicted octanol–water partition coefficient (Wildman–Crippen LogP) is 0.765. The van der Waals surface area contributed by atoms with Gasteiger partial charge in [-0.2, -0.15) is 0 Å². The van der Waals surface area contributed by atoms with Crippen molar-refractivity contribution in [2.45, 2.75) is 38.7 Å². The van der Waals surface area contributed by atoms with Crippen LogP contribution in [-0.2, 0) is 9.47 Å². The monoisotopic (exact) mass is 369 g/mol. The maximum atomic E-state index is 5.78. The van der Waals surface area contributed by atoms with Crippen molar-refractivity contribution in [2.75, 3.05) is 79.2 Å². The largest absolute Gasteiger partial charge is 0.379 e. The van der Waals surface area contributed by atoms with Gasteiger partial charge in [-0.25, -0.2) is 0 Å². The molecule has 26 heavy (non-hydrogen) atoms. The summed E-state index contributed by atoms with van der Waals surface area (Å²) in [6, 6.07) is 0. The highest BCUT2D eigenvalue weighted by atomic mass is 16.5. The van der Waals surface area contributed by atoms with Crippen LogP contribution < -0.4 is 10.6 Å². The van der Waals surface area contributed by atoms with E-state index in [1.165, 1.54) is 45.6 Å². The Morgan fingerprint density at radius 1 is 1.15 bits per heavy atom. The molecule has 0 saturated carbocycles. The average Bonchev–Trinajstić information content (AvgIpc) is 3.16. The molecule has 2 saturated heterocycles. The topological polar surface area (TPSA) is 61.4 Å². The van der Waals surface area contributed by atoms with Gasteiger partial charge in [0.1, 0.15) is 0 Å². The van der Waals surface area contributed by atoms with Gasteiger partial charge >= 0.3 is 0 Å². The number of nitrogens with one attached hydrogen (secondary N) is 2. The molecule has 152 valence electrons. The van der Waals surface area contributed by atoms with Crippen molar-refractivity contribution < 1.29 is 9.47 Å². The highest BCUT2D eigenvalue weighted by molar-refractivity contribution is 5.79. The maximum absolute atomic E-state index is 5.78. The SMILES string of the molecule is CCNC(=NCCCOC1CCOC1)NCCCCN1CCN(C)CC1. The molecule has 2 heterocycles. The lowest BCUT2D eigenvalue weighted by Crippen LogP contribution is -2.44. The summed E-state index contributed by atoms with van der Waals surface area (Å²) in [5, 5.41) is 6.77. The van der Waals surface area contributed by atoms with Crippen molar-refractivity contribution in [3.8, 4) is 0 Å². The van der Waals surface area contributed by atoms with Crippen LogP contribution in [0.25, 0.3) is 0 Å². The van der Waals surface area contributed by atoms with Gasteiger partial charge in [0.2, 0.25) is 0 Å². The number of guanidine groups is 1. The van der Waals surface area contributed by atoms with Crippen LogP contribution in [0, 0.1) is 0 Å². The summed E-state index contributed by atoms with van der Waals surface area (Å²) in [4.78, 5) is 9.63. The zero-order valence-corrected chi connectivity index (χ0v) is 16.8. The number of likely N-dealkylation sites (N-methyl/N-ethyl adjacent to an activating group) is 1. The van der Waals surface area contributed by atoms with Crippen LogP contribution in [0.5, 0.6) is 0 Å². The lowest BCUT2D eigenvalue weighted by atomic mass is 10.2. The molecule has 0 aromatic heterocycles. The second-order valence-electron chi connectivity index (χ2n) is 7.25. The Kier molecular flexibility index (Phi) is 11.0. The first kappa shape index (κ1) is 21.4. The standard InChI is InChI=1S/C19H39N5O2/c1-3-20-19(22-9-6-15-26-18-7-16-25-17-18)21-8-4-5-10-24-13-11-23(2)12-14-24/h18H,3-17H2,1-2H3,(H2,20,21,22). The van der Waals surface area contributed by atoms with Gasteiger partial charge < -0.3 is 29.9 Å². The summed E-state index contributed by atoms with van der Waals surface area (Å²) < 4.78 is 11.1. The van der Waals surface area contributed by atoms with Crippen molar-refractivity contribution in [2.24, 2.45) is 4.99 Å². The maximum Gasteiger partial charge on any atom is 0.191 e. The van der Waals surface area contributed by atoms with Crippen LogP contribution in [0.2, 0.25) is 0 Å². The smallest absolute Gasteiger partial charge is 0.191 e. The second-order valence-corrected chi connectivity index (χ2v) is 7.25. The summed E-state index contributed by atoms with van der Waals surface area (Å²) in [7, 11) is 2.21. The summed E-state index contributed by atoms with van der Waals surface area (Å²) in [5.41, 5.74) is 0. The molecule has 2 rings (SSSR count). The van der Waals surface area contributed by atoms with E-state index < -0.39 is 0 Å². The van der Waals surface area contributed by atoms with E-state index in [0.717, 1.165) is 58.3 Å². The third-order valence-electron chi connectivity index (χ3n) is 4.95. The lowest BCUT2D eigenvalue weighted by Gasteiger charge is -2.32. The molecule has 0 radical (unpaired) electrons. The Balaban J connectivity index is 1.49. The van der Waals surface area contributed by atoms with Crippen LogP contribution in [0.15, 0.2) is 4.99 Å². The molecule has 2 aliphatic heterocycles. The van der Waals surface area contributed by atoms with Crippen LogP contribution >= 0.6 is 0 Å². The average molecular weight is 370 g/mol. The molecule has 0 spiro atoms. The Bertz CT molecular complexity index is 380. The summed E-state index contributed by atoms with van der Waals surface area (Å²) in [6.07, 6.45) is 4.71. The number of hydrogen-bond donors (Lipinski definition) is 2. The molecule has 1 atom stereocenters. The third-order valence-corrected chi connectivity index (χ3v) is 4.95. The fourth-order valence-electron chi connectivity index (χ4n) is 3.23. The number of nitrogens with zero attached hydrogens (tertiary/aromatic N) is 3. The summed E-state index contributed by atoms with van der Waals surface area (Å²) >= 11 is 0. The molecule has 0 aliphatic carbocycles. The van der Waals surface area contributed by atoms with E-state index in [4.69, 9.17) is 9.47 Å². The highest BCUT2D eigenvalue weighted by Crippen LogP contribution is 2.08. The number of rotatable bonds is 11. The molecular formula is C19H39N5O2. The Morgan fingerprint density at radius 2 is 2.00 bits per heavy atom. The van der Waals surface area contributed by atoms with Gasteiger partial charge in [0.25, 0.3) is 0 Å². The predicted molar refractivity (Wildman–Crippen MR) is 107 cm³/mol. The van der Waals surface area contributed by atoms with Gasteiger partial charge in [-0.15, -0.1) is 0 Å². The first-order chi connectivity index (χ1) is 12.8. The molecule has 2 fully saturated rings. The van der Waals surface area contributed by atoms with Crippen LogP contribution in [0.4, 0.5) is 0 Å². The van der Waals surface area contributed by atoms with E-state index in [9.17, 15) is 0 Å². The van der Waals surface area contributed by atoms with E-state index in [1.807, 2.05) is 0 Å². The van der Waals surface area contributed by atoms with Crippen LogP contribution in [0.1, 0.15) is 32.6 Å². The second kappa shape index (κ2) is 13.3. The van der Waals surface area contributed by atoms with Crippen molar-refractivity contribution in [1.82, 2.24) is 20.4 Å². The zero-order chi connectivity index (χ0) is 18.5. The van der Waals surface area contributed by atoms with Gasteiger partial charge in [0, 0.05) is 59.0 Å². The number of hydrogen-bond acceptors (Lipinski definition) is 5. The zero-order valence-electron chi connectivity index (χ0n) is 16.8. The fraction of sp³-hybridized carbons (Fsp3) is 0.947. The van der Waals surface area contributed by atoms with Crippen molar-refractivity contribution >= 4 is 5.96 Å². The first-order valence-electron chi connectivity index (χ1n) is 10.4. The van der Waals surface area contributed by atoms with Gasteiger partial charge in [0.15, 0.2) is 5.96 Å². The number of piperazine rings is 1. The van der Waals surface area contributed by atoms with Crippen molar-refractivity contribution in [1.29, 1.82) is 0 Å². The molecule has 0 aromatic carbocycles. The van der Waals surface area contributed by atoms with Gasteiger partial charge in [-0.3, -0.25) is 4.99 Å². The summed E-state index contributed by atoms with van der Waals surface area (Å²) in [5.74, 6) is 0.927. The lowest BCUT2D eigenvalue weighted by molar-refractivity contribution is 0.0424. The van der Waals surface area contributed by atoms with Crippen LogP contribution in [-0.4, -0.2) is 101 Å². The van der Waals surface area contributed by atoms with Gasteiger partial charge in [0.05, 0.1) is 12.7 Å². The van der Waals surface area contributed by atoms with E-state index >= 15 is 0 Å². The minimum absolute atomic E-state index is 0.297. The Morgan fingerprint density at radius 3 is 2.73 bits per heavy atom. The van der Waals surface area contributed by atoms with E-state index in [1.54, 1.807) is 0 Å².